The van der Waals surface area contributed by atoms with E-state index in [0.717, 1.165) is 25.9 Å². The third-order valence-corrected chi connectivity index (χ3v) is 4.27. The molecular weight excluding hydrogens is 310 g/mol. The lowest BCUT2D eigenvalue weighted by Gasteiger charge is -2.33. The Morgan fingerprint density at radius 3 is 2.58 bits per heavy atom. The minimum absolute atomic E-state index is 0.0287. The first kappa shape index (κ1) is 18.7. The number of piperidine rings is 1. The standard InChI is InChI=1S/C17H29N3O4/c1-12(2)18-17(23)19-14-7-6-13(24-15(14)11-21)10-16(22)20-8-4-3-5-9-20/h6-7,12-15,21H,3-5,8-11H2,1-2H3,(H2,18,19,23)/t13-,14+,15-/m0/s1. The van der Waals surface area contributed by atoms with Crippen LogP contribution in [0, 0.1) is 0 Å². The molecule has 3 amide bonds. The molecule has 0 bridgehead atoms. The van der Waals surface area contributed by atoms with Gasteiger partial charge in [-0.15, -0.1) is 0 Å². The summed E-state index contributed by atoms with van der Waals surface area (Å²) in [6, 6.07) is -0.680. The van der Waals surface area contributed by atoms with Crippen LogP contribution < -0.4 is 10.6 Å². The minimum Gasteiger partial charge on any atom is -0.394 e. The molecule has 0 unspecified atom stereocenters. The lowest BCUT2D eigenvalue weighted by Crippen LogP contribution is -2.52. The van der Waals surface area contributed by atoms with Gasteiger partial charge in [0.15, 0.2) is 0 Å². The van der Waals surface area contributed by atoms with Crippen LogP contribution in [-0.2, 0) is 9.53 Å². The molecule has 0 aliphatic carbocycles. The zero-order chi connectivity index (χ0) is 17.5. The number of rotatable bonds is 5. The second-order valence-corrected chi connectivity index (χ2v) is 6.72. The van der Waals surface area contributed by atoms with Crippen molar-refractivity contribution in [2.75, 3.05) is 19.7 Å². The Morgan fingerprint density at radius 1 is 1.25 bits per heavy atom. The monoisotopic (exact) mass is 339 g/mol. The van der Waals surface area contributed by atoms with E-state index in [0.29, 0.717) is 0 Å². The fourth-order valence-corrected chi connectivity index (χ4v) is 3.04. The molecule has 2 rings (SSSR count). The van der Waals surface area contributed by atoms with E-state index < -0.39 is 12.1 Å². The fraction of sp³-hybridized carbons (Fsp3) is 0.765. The number of likely N-dealkylation sites (tertiary alicyclic amines) is 1. The molecule has 0 spiro atoms. The molecule has 1 saturated heterocycles. The summed E-state index contributed by atoms with van der Waals surface area (Å²) in [5.74, 6) is 0.0880. The Bertz CT molecular complexity index is 461. The van der Waals surface area contributed by atoms with Crippen LogP contribution in [0.2, 0.25) is 0 Å². The molecule has 24 heavy (non-hydrogen) atoms. The van der Waals surface area contributed by atoms with E-state index in [1.54, 1.807) is 12.2 Å². The molecule has 2 heterocycles. The minimum atomic E-state index is -0.549. The SMILES string of the molecule is CC(C)NC(=O)N[C@@H]1C=C[C@@H](CC(=O)N2CCCCC2)O[C@H]1CO. The van der Waals surface area contributed by atoms with E-state index in [-0.39, 0.29) is 37.1 Å². The lowest BCUT2D eigenvalue weighted by molar-refractivity contribution is -0.136. The number of carbonyl (C=O) groups is 2. The number of ether oxygens (including phenoxy) is 1. The van der Waals surface area contributed by atoms with Gasteiger partial charge in [-0.1, -0.05) is 12.2 Å². The van der Waals surface area contributed by atoms with Gasteiger partial charge in [-0.25, -0.2) is 4.79 Å². The van der Waals surface area contributed by atoms with Gasteiger partial charge >= 0.3 is 6.03 Å². The Labute approximate surface area is 143 Å². The van der Waals surface area contributed by atoms with Crippen molar-refractivity contribution >= 4 is 11.9 Å². The fourth-order valence-electron chi connectivity index (χ4n) is 3.04. The normalized spacial score (nSPS) is 27.2. The molecule has 0 aromatic heterocycles. The maximum absolute atomic E-state index is 12.3. The Kier molecular flexibility index (Phi) is 7.05. The summed E-state index contributed by atoms with van der Waals surface area (Å²) in [6.45, 7) is 5.17. The molecule has 7 heteroatoms. The number of carbonyl (C=O) groups excluding carboxylic acids is 2. The number of amides is 3. The van der Waals surface area contributed by atoms with Crippen molar-refractivity contribution in [3.05, 3.63) is 12.2 Å². The van der Waals surface area contributed by atoms with Gasteiger partial charge < -0.3 is 25.4 Å². The van der Waals surface area contributed by atoms with Gasteiger partial charge in [0.05, 0.1) is 25.2 Å². The Morgan fingerprint density at radius 2 is 1.96 bits per heavy atom. The van der Waals surface area contributed by atoms with Crippen LogP contribution in [0.5, 0.6) is 0 Å². The van der Waals surface area contributed by atoms with E-state index in [9.17, 15) is 14.7 Å². The Hall–Kier alpha value is -1.60. The van der Waals surface area contributed by atoms with Crippen molar-refractivity contribution in [3.8, 4) is 0 Å². The molecule has 2 aliphatic rings. The summed E-state index contributed by atoms with van der Waals surface area (Å²) in [6.07, 6.45) is 6.27. The lowest BCUT2D eigenvalue weighted by atomic mass is 10.0. The number of hydrogen-bond donors (Lipinski definition) is 3. The van der Waals surface area contributed by atoms with Gasteiger partial charge in [0.25, 0.3) is 0 Å². The number of nitrogens with one attached hydrogen (secondary N) is 2. The number of nitrogens with zero attached hydrogens (tertiary/aromatic N) is 1. The largest absolute Gasteiger partial charge is 0.394 e. The zero-order valence-corrected chi connectivity index (χ0v) is 14.5. The molecule has 1 fully saturated rings. The topological polar surface area (TPSA) is 90.9 Å². The predicted octanol–water partition coefficient (Wildman–Crippen LogP) is 0.781. The van der Waals surface area contributed by atoms with E-state index in [2.05, 4.69) is 10.6 Å². The molecule has 0 radical (unpaired) electrons. The summed E-state index contributed by atoms with van der Waals surface area (Å²) in [4.78, 5) is 26.0. The molecule has 7 nitrogen and oxygen atoms in total. The maximum atomic E-state index is 12.3. The predicted molar refractivity (Wildman–Crippen MR) is 90.5 cm³/mol. The highest BCUT2D eigenvalue weighted by Crippen LogP contribution is 2.18. The van der Waals surface area contributed by atoms with Crippen molar-refractivity contribution in [1.29, 1.82) is 0 Å². The van der Waals surface area contributed by atoms with E-state index in [1.807, 2.05) is 18.7 Å². The van der Waals surface area contributed by atoms with Crippen molar-refractivity contribution in [3.63, 3.8) is 0 Å². The van der Waals surface area contributed by atoms with Crippen molar-refractivity contribution in [1.82, 2.24) is 15.5 Å². The van der Waals surface area contributed by atoms with Crippen molar-refractivity contribution in [2.45, 2.75) is 63.8 Å². The average molecular weight is 339 g/mol. The summed E-state index contributed by atoms with van der Waals surface area (Å²) < 4.78 is 5.79. The average Bonchev–Trinajstić information content (AvgIpc) is 2.56. The first-order chi connectivity index (χ1) is 11.5. The molecular formula is C17H29N3O4. The highest BCUT2D eigenvalue weighted by atomic mass is 16.5. The van der Waals surface area contributed by atoms with Crippen LogP contribution in [0.1, 0.15) is 39.5 Å². The molecule has 0 aromatic rings. The quantitative estimate of drug-likeness (QED) is 0.646. The van der Waals surface area contributed by atoms with E-state index in [1.165, 1.54) is 6.42 Å². The second kappa shape index (κ2) is 9.03. The van der Waals surface area contributed by atoms with Crippen LogP contribution in [0.4, 0.5) is 4.79 Å². The molecule has 0 aromatic carbocycles. The third-order valence-electron chi connectivity index (χ3n) is 4.27. The van der Waals surface area contributed by atoms with E-state index >= 15 is 0 Å². The van der Waals surface area contributed by atoms with Gasteiger partial charge in [-0.2, -0.15) is 0 Å². The first-order valence-corrected chi connectivity index (χ1v) is 8.79. The van der Waals surface area contributed by atoms with Crippen LogP contribution in [-0.4, -0.2) is 65.9 Å². The molecule has 3 N–H and O–H groups in total. The van der Waals surface area contributed by atoms with Gasteiger partial charge in [0, 0.05) is 19.1 Å². The molecule has 0 saturated carbocycles. The van der Waals surface area contributed by atoms with E-state index in [4.69, 9.17) is 4.74 Å². The van der Waals surface area contributed by atoms with Gasteiger partial charge in [0.2, 0.25) is 5.91 Å². The third kappa shape index (κ3) is 5.49. The number of aliphatic hydroxyl groups excluding tert-OH is 1. The summed E-state index contributed by atoms with van der Waals surface area (Å²) in [7, 11) is 0. The van der Waals surface area contributed by atoms with Crippen molar-refractivity contribution in [2.24, 2.45) is 0 Å². The smallest absolute Gasteiger partial charge is 0.315 e. The highest BCUT2D eigenvalue weighted by Gasteiger charge is 2.30. The van der Waals surface area contributed by atoms with Crippen molar-refractivity contribution < 1.29 is 19.4 Å². The van der Waals surface area contributed by atoms with Gasteiger partial charge in [0.1, 0.15) is 6.10 Å². The molecule has 136 valence electrons. The summed E-state index contributed by atoms with van der Waals surface area (Å²) >= 11 is 0. The van der Waals surface area contributed by atoms with Crippen LogP contribution >= 0.6 is 0 Å². The van der Waals surface area contributed by atoms with Gasteiger partial charge in [-0.3, -0.25) is 4.79 Å². The van der Waals surface area contributed by atoms with Crippen LogP contribution in [0.3, 0.4) is 0 Å². The maximum Gasteiger partial charge on any atom is 0.315 e. The molecule has 3 atom stereocenters. The van der Waals surface area contributed by atoms with Gasteiger partial charge in [-0.05, 0) is 33.1 Å². The van der Waals surface area contributed by atoms with Crippen LogP contribution in [0.25, 0.3) is 0 Å². The van der Waals surface area contributed by atoms with Crippen LogP contribution in [0.15, 0.2) is 12.2 Å². The zero-order valence-electron chi connectivity index (χ0n) is 14.5. The summed E-state index contributed by atoms with van der Waals surface area (Å²) in [5.41, 5.74) is 0. The second-order valence-electron chi connectivity index (χ2n) is 6.72. The first-order valence-electron chi connectivity index (χ1n) is 8.79. The number of urea groups is 1. The number of hydrogen-bond acceptors (Lipinski definition) is 4. The molecule has 2 aliphatic heterocycles. The summed E-state index contributed by atoms with van der Waals surface area (Å²) in [5, 5.41) is 15.0. The highest BCUT2D eigenvalue weighted by molar-refractivity contribution is 5.77. The number of aliphatic hydroxyl groups is 1. The Balaban J connectivity index is 1.87.